The van der Waals surface area contributed by atoms with Crippen LogP contribution < -0.4 is 5.32 Å². The summed E-state index contributed by atoms with van der Waals surface area (Å²) in [4.78, 5) is 26.5. The molecule has 0 aliphatic carbocycles. The molecule has 452 valence electrons. The third kappa shape index (κ3) is 42.8. The molecule has 8 unspecified atom stereocenters. The van der Waals surface area contributed by atoms with Gasteiger partial charge < -0.3 is 45.1 Å². The van der Waals surface area contributed by atoms with Gasteiger partial charge in [-0.2, -0.15) is 0 Å². The summed E-state index contributed by atoms with van der Waals surface area (Å²) < 4.78 is 17.5. The minimum atomic E-state index is -1.65. The fourth-order valence-corrected chi connectivity index (χ4v) is 9.18. The van der Waals surface area contributed by atoms with Crippen molar-refractivity contribution in [2.75, 3.05) is 13.2 Å². The normalized spacial score (nSPS) is 19.6. The van der Waals surface area contributed by atoms with Crippen LogP contribution in [0.1, 0.15) is 245 Å². The second-order valence-corrected chi connectivity index (χ2v) is 21.4. The minimum absolute atomic E-state index is 0.00676. The Balaban J connectivity index is 2.69. The van der Waals surface area contributed by atoms with Gasteiger partial charge in [-0.05, 0) is 96.3 Å². The van der Waals surface area contributed by atoms with Gasteiger partial charge in [0.25, 0.3) is 0 Å². The lowest BCUT2D eigenvalue weighted by molar-refractivity contribution is -0.305. The molecule has 0 radical (unpaired) electrons. The Labute approximate surface area is 481 Å². The first kappa shape index (κ1) is 73.3. The molecule has 1 amide bonds. The van der Waals surface area contributed by atoms with Crippen molar-refractivity contribution in [2.24, 2.45) is 0 Å². The van der Waals surface area contributed by atoms with Crippen LogP contribution in [0.2, 0.25) is 0 Å². The summed E-state index contributed by atoms with van der Waals surface area (Å²) in [5.74, 6) is -1.29. The first-order valence-corrected chi connectivity index (χ1v) is 31.7. The van der Waals surface area contributed by atoms with Crippen molar-refractivity contribution in [3.8, 4) is 0 Å². The molecule has 0 spiro atoms. The molecule has 11 heteroatoms. The van der Waals surface area contributed by atoms with E-state index in [0.29, 0.717) is 19.3 Å². The van der Waals surface area contributed by atoms with E-state index in [-0.39, 0.29) is 19.4 Å². The lowest BCUT2D eigenvalue weighted by atomic mass is 9.99. The Morgan fingerprint density at radius 1 is 0.506 bits per heavy atom. The summed E-state index contributed by atoms with van der Waals surface area (Å²) in [6.07, 6.45) is 64.2. The number of carbonyl (C=O) groups is 2. The molecule has 1 fully saturated rings. The van der Waals surface area contributed by atoms with E-state index in [2.05, 4.69) is 111 Å². The van der Waals surface area contributed by atoms with Crippen molar-refractivity contribution >= 4 is 11.9 Å². The molecule has 1 aliphatic heterocycles. The Morgan fingerprint density at radius 2 is 0.911 bits per heavy atom. The van der Waals surface area contributed by atoms with Crippen LogP contribution >= 0.6 is 0 Å². The third-order valence-electron chi connectivity index (χ3n) is 14.2. The SMILES string of the molecule is CC/C=C\C/C=C\C/C=C\C/C=C\C/C=C\C/C=C\CCC(=O)OC1C(OCC(NC(=O)C(O)CCCCCCCCCCCC/C=C\C/C=C\CCCCC)C(O)/C=C/CCCCCCCCCCC)OC(CO)C(O)C1O. The molecule has 0 aromatic carbocycles. The molecule has 1 heterocycles. The van der Waals surface area contributed by atoms with Crippen molar-refractivity contribution in [3.63, 3.8) is 0 Å². The molecular weight excluding hydrogens is 991 g/mol. The van der Waals surface area contributed by atoms with E-state index in [1.165, 1.54) is 103 Å². The lowest BCUT2D eigenvalue weighted by Crippen LogP contribution is -2.61. The van der Waals surface area contributed by atoms with Gasteiger partial charge in [0.05, 0.1) is 25.4 Å². The van der Waals surface area contributed by atoms with Crippen LogP contribution in [0.25, 0.3) is 0 Å². The smallest absolute Gasteiger partial charge is 0.306 e. The second kappa shape index (κ2) is 54.9. The van der Waals surface area contributed by atoms with E-state index in [1.807, 2.05) is 18.2 Å². The topological polar surface area (TPSA) is 175 Å². The number of aliphatic hydroxyl groups is 5. The van der Waals surface area contributed by atoms with E-state index in [0.717, 1.165) is 89.9 Å². The number of nitrogens with one attached hydrogen (secondary N) is 1. The van der Waals surface area contributed by atoms with Gasteiger partial charge in [0.2, 0.25) is 5.91 Å². The predicted octanol–water partition coefficient (Wildman–Crippen LogP) is 15.3. The molecule has 79 heavy (non-hydrogen) atoms. The Hall–Kier alpha value is -3.68. The van der Waals surface area contributed by atoms with Crippen molar-refractivity contribution < 1.29 is 49.3 Å². The van der Waals surface area contributed by atoms with Crippen LogP contribution in [-0.4, -0.2) is 99.6 Å². The monoisotopic (exact) mass is 1110 g/mol. The lowest BCUT2D eigenvalue weighted by Gasteiger charge is -2.41. The molecule has 8 atom stereocenters. The average Bonchev–Trinajstić information content (AvgIpc) is 3.47. The van der Waals surface area contributed by atoms with Gasteiger partial charge >= 0.3 is 5.97 Å². The van der Waals surface area contributed by atoms with Crippen LogP contribution in [0.5, 0.6) is 0 Å². The Bertz CT molecular complexity index is 1700. The van der Waals surface area contributed by atoms with Crippen molar-refractivity contribution in [1.82, 2.24) is 5.32 Å². The van der Waals surface area contributed by atoms with E-state index in [9.17, 15) is 35.1 Å². The van der Waals surface area contributed by atoms with E-state index in [4.69, 9.17) is 14.2 Å². The maximum absolute atomic E-state index is 13.4. The molecular formula is C68H115NO10. The number of esters is 1. The highest BCUT2D eigenvalue weighted by Gasteiger charge is 2.47. The van der Waals surface area contributed by atoms with Crippen molar-refractivity contribution in [1.29, 1.82) is 0 Å². The number of hydrogen-bond donors (Lipinski definition) is 6. The van der Waals surface area contributed by atoms with Crippen LogP contribution in [0, 0.1) is 0 Å². The zero-order valence-electron chi connectivity index (χ0n) is 50.0. The Morgan fingerprint density at radius 3 is 1.39 bits per heavy atom. The number of allylic oxidation sites excluding steroid dienone is 17. The molecule has 0 aromatic rings. The quantitative estimate of drug-likeness (QED) is 0.0195. The highest BCUT2D eigenvalue weighted by atomic mass is 16.7. The highest BCUT2D eigenvalue weighted by Crippen LogP contribution is 2.26. The van der Waals surface area contributed by atoms with E-state index >= 15 is 0 Å². The maximum Gasteiger partial charge on any atom is 0.306 e. The fourth-order valence-electron chi connectivity index (χ4n) is 9.18. The van der Waals surface area contributed by atoms with E-state index < -0.39 is 67.4 Å². The summed E-state index contributed by atoms with van der Waals surface area (Å²) in [6, 6.07) is -1.05. The van der Waals surface area contributed by atoms with Crippen LogP contribution in [0.4, 0.5) is 0 Å². The molecule has 0 aromatic heterocycles. The van der Waals surface area contributed by atoms with Gasteiger partial charge in [0.1, 0.15) is 24.4 Å². The zero-order valence-corrected chi connectivity index (χ0v) is 50.0. The summed E-state index contributed by atoms with van der Waals surface area (Å²) in [5.41, 5.74) is 0. The summed E-state index contributed by atoms with van der Waals surface area (Å²) in [5, 5.41) is 57.0. The number of ether oxygens (including phenoxy) is 3. The molecule has 6 N–H and O–H groups in total. The molecule has 1 rings (SSSR count). The number of amides is 1. The van der Waals surface area contributed by atoms with Crippen LogP contribution in [-0.2, 0) is 23.8 Å². The van der Waals surface area contributed by atoms with E-state index in [1.54, 1.807) is 6.08 Å². The zero-order chi connectivity index (χ0) is 57.5. The number of aliphatic hydroxyl groups excluding tert-OH is 5. The molecule has 0 saturated carbocycles. The molecule has 11 nitrogen and oxygen atoms in total. The number of rotatable bonds is 52. The summed E-state index contributed by atoms with van der Waals surface area (Å²) >= 11 is 0. The fraction of sp³-hybridized carbons (Fsp3) is 0.706. The standard InChI is InChI=1S/C68H115NO10/c1-4-7-10-13-16-19-22-24-26-28-30-32-33-35-37-40-43-46-49-52-55-61(72)67(76)69-59(60(71)54-51-48-45-42-39-21-18-15-12-9-6-3)58-77-68-66(65(75)64(74)62(57-70)78-68)79-63(73)56-53-50-47-44-41-38-36-34-31-29-27-25-23-20-17-14-11-8-5-2/h8,11,16-17,19-20,24-27,31,34,38,41,47,50-51,54,59-62,64-66,68,70-72,74-75H,4-7,9-10,12-15,18,21-23,28-30,32-33,35-37,39-40,42-46,48-49,52-53,55-58H2,1-3H3,(H,69,76)/b11-8-,19-16-,20-17-,26-24-,27-25-,34-31-,41-38-,50-47-,54-51+. The van der Waals surface area contributed by atoms with Gasteiger partial charge in [0, 0.05) is 6.42 Å². The third-order valence-corrected chi connectivity index (χ3v) is 14.2. The summed E-state index contributed by atoms with van der Waals surface area (Å²) in [7, 11) is 0. The molecule has 0 bridgehead atoms. The second-order valence-electron chi connectivity index (χ2n) is 21.4. The van der Waals surface area contributed by atoms with Crippen LogP contribution in [0.15, 0.2) is 109 Å². The summed E-state index contributed by atoms with van der Waals surface area (Å²) in [6.45, 7) is 5.60. The van der Waals surface area contributed by atoms with Crippen LogP contribution in [0.3, 0.4) is 0 Å². The van der Waals surface area contributed by atoms with Gasteiger partial charge in [-0.25, -0.2) is 0 Å². The Kier molecular flexibility index (Phi) is 50.9. The predicted molar refractivity (Wildman–Crippen MR) is 328 cm³/mol. The number of hydrogen-bond acceptors (Lipinski definition) is 10. The van der Waals surface area contributed by atoms with Crippen molar-refractivity contribution in [2.45, 2.75) is 294 Å². The van der Waals surface area contributed by atoms with Gasteiger partial charge in [-0.15, -0.1) is 0 Å². The largest absolute Gasteiger partial charge is 0.454 e. The first-order valence-electron chi connectivity index (χ1n) is 31.7. The first-order chi connectivity index (χ1) is 38.7. The van der Waals surface area contributed by atoms with Gasteiger partial charge in [-0.1, -0.05) is 252 Å². The molecule has 1 aliphatic rings. The van der Waals surface area contributed by atoms with Gasteiger partial charge in [-0.3, -0.25) is 9.59 Å². The van der Waals surface area contributed by atoms with Crippen molar-refractivity contribution in [3.05, 3.63) is 109 Å². The number of unbranched alkanes of at least 4 members (excludes halogenated alkanes) is 22. The average molecular weight is 1110 g/mol. The maximum atomic E-state index is 13.4. The minimum Gasteiger partial charge on any atom is -0.454 e. The molecule has 1 saturated heterocycles. The van der Waals surface area contributed by atoms with Gasteiger partial charge in [0.15, 0.2) is 12.4 Å². The highest BCUT2D eigenvalue weighted by molar-refractivity contribution is 5.80. The number of carbonyl (C=O) groups excluding carboxylic acids is 2.